The smallest absolute Gasteiger partial charge is 0.145 e. The standard InChI is InChI=1S/C6H5ClN3/c1-2-10-6(7)5(3-8)4-9-10/h2H2,1H3. The first kappa shape index (κ1) is 7.10. The average Bonchev–Trinajstić information content (AvgIpc) is 2.30. The molecule has 0 fully saturated rings. The molecular weight excluding hydrogens is 150 g/mol. The second kappa shape index (κ2) is 2.72. The van der Waals surface area contributed by atoms with E-state index in [2.05, 4.69) is 11.3 Å². The SMILES string of the molecule is CCn1n[c]c(C#N)c1Cl. The molecule has 4 heteroatoms. The molecule has 0 aliphatic heterocycles. The minimum atomic E-state index is 0.309. The van der Waals surface area contributed by atoms with Crippen LogP contribution < -0.4 is 0 Å². The molecule has 0 saturated heterocycles. The molecule has 1 radical (unpaired) electrons. The van der Waals surface area contributed by atoms with E-state index in [-0.39, 0.29) is 0 Å². The summed E-state index contributed by atoms with van der Waals surface area (Å²) >= 11 is 5.67. The van der Waals surface area contributed by atoms with E-state index < -0.39 is 0 Å². The predicted octanol–water partition coefficient (Wildman–Crippen LogP) is 1.23. The number of nitrogens with zero attached hydrogens (tertiary/aromatic N) is 3. The van der Waals surface area contributed by atoms with Gasteiger partial charge in [0.2, 0.25) is 0 Å². The molecule has 0 amide bonds. The fourth-order valence-corrected chi connectivity index (χ4v) is 0.852. The third kappa shape index (κ3) is 0.981. The lowest BCUT2D eigenvalue weighted by atomic mass is 10.4. The molecule has 0 aromatic carbocycles. The van der Waals surface area contributed by atoms with Crippen molar-refractivity contribution < 1.29 is 0 Å². The highest BCUT2D eigenvalue weighted by molar-refractivity contribution is 6.30. The van der Waals surface area contributed by atoms with Gasteiger partial charge in [-0.05, 0) is 6.92 Å². The highest BCUT2D eigenvalue weighted by atomic mass is 35.5. The van der Waals surface area contributed by atoms with Gasteiger partial charge >= 0.3 is 0 Å². The van der Waals surface area contributed by atoms with Gasteiger partial charge in [-0.2, -0.15) is 10.4 Å². The van der Waals surface area contributed by atoms with E-state index in [9.17, 15) is 0 Å². The summed E-state index contributed by atoms with van der Waals surface area (Å²) in [6, 6.07) is 1.88. The Morgan fingerprint density at radius 1 is 1.90 bits per heavy atom. The van der Waals surface area contributed by atoms with Gasteiger partial charge in [0.05, 0.1) is 0 Å². The molecule has 0 spiro atoms. The van der Waals surface area contributed by atoms with Gasteiger partial charge < -0.3 is 0 Å². The number of halogens is 1. The molecule has 0 atom stereocenters. The highest BCUT2D eigenvalue weighted by Gasteiger charge is 2.05. The zero-order valence-electron chi connectivity index (χ0n) is 5.43. The fourth-order valence-electron chi connectivity index (χ4n) is 0.610. The van der Waals surface area contributed by atoms with Crippen molar-refractivity contribution in [2.24, 2.45) is 0 Å². The van der Waals surface area contributed by atoms with Crippen LogP contribution in [0.4, 0.5) is 0 Å². The van der Waals surface area contributed by atoms with Crippen LogP contribution in [0, 0.1) is 17.5 Å². The monoisotopic (exact) mass is 154 g/mol. The lowest BCUT2D eigenvalue weighted by Crippen LogP contribution is -1.95. The largest absolute Gasteiger partial charge is 0.252 e. The zero-order valence-corrected chi connectivity index (χ0v) is 6.18. The van der Waals surface area contributed by atoms with Crippen molar-refractivity contribution >= 4 is 11.6 Å². The van der Waals surface area contributed by atoms with E-state index in [1.54, 1.807) is 0 Å². The third-order valence-corrected chi connectivity index (χ3v) is 1.51. The number of rotatable bonds is 1. The van der Waals surface area contributed by atoms with E-state index in [4.69, 9.17) is 16.9 Å². The van der Waals surface area contributed by atoms with Crippen molar-refractivity contribution in [3.8, 4) is 6.07 Å². The lowest BCUT2D eigenvalue weighted by Gasteiger charge is -1.93. The number of nitriles is 1. The number of hydrogen-bond donors (Lipinski definition) is 0. The van der Waals surface area contributed by atoms with E-state index in [0.29, 0.717) is 17.3 Å². The second-order valence-corrected chi connectivity index (χ2v) is 2.06. The van der Waals surface area contributed by atoms with E-state index in [1.165, 1.54) is 4.68 Å². The molecule has 0 N–H and O–H groups in total. The molecule has 0 saturated carbocycles. The first-order valence-corrected chi connectivity index (χ1v) is 3.21. The zero-order chi connectivity index (χ0) is 7.56. The Kier molecular flexibility index (Phi) is 1.93. The number of hydrogen-bond acceptors (Lipinski definition) is 2. The summed E-state index contributed by atoms with van der Waals surface area (Å²) in [7, 11) is 0. The highest BCUT2D eigenvalue weighted by Crippen LogP contribution is 2.12. The Bertz CT molecular complexity index is 271. The van der Waals surface area contributed by atoms with Crippen LogP contribution in [0.25, 0.3) is 0 Å². The van der Waals surface area contributed by atoms with Crippen molar-refractivity contribution in [3.05, 3.63) is 16.9 Å². The second-order valence-electron chi connectivity index (χ2n) is 1.71. The Morgan fingerprint density at radius 3 is 2.90 bits per heavy atom. The number of aromatic nitrogens is 2. The predicted molar refractivity (Wildman–Crippen MR) is 36.5 cm³/mol. The van der Waals surface area contributed by atoms with E-state index in [1.807, 2.05) is 13.0 Å². The first-order valence-electron chi connectivity index (χ1n) is 2.83. The Hall–Kier alpha value is -1.01. The fraction of sp³-hybridized carbons (Fsp3) is 0.333. The Morgan fingerprint density at radius 2 is 2.60 bits per heavy atom. The van der Waals surface area contributed by atoms with Crippen LogP contribution in [0.1, 0.15) is 12.5 Å². The Balaban J connectivity index is 3.12. The molecule has 0 aliphatic carbocycles. The summed E-state index contributed by atoms with van der Waals surface area (Å²) in [6.45, 7) is 2.56. The average molecular weight is 155 g/mol. The normalized spacial score (nSPS) is 9.30. The van der Waals surface area contributed by atoms with Gasteiger partial charge in [0.15, 0.2) is 0 Å². The van der Waals surface area contributed by atoms with Gasteiger partial charge in [-0.1, -0.05) is 11.6 Å². The summed E-state index contributed by atoms with van der Waals surface area (Å²) < 4.78 is 1.51. The van der Waals surface area contributed by atoms with Crippen LogP contribution in [-0.2, 0) is 6.54 Å². The maximum absolute atomic E-state index is 8.41. The van der Waals surface area contributed by atoms with Crippen molar-refractivity contribution in [2.75, 3.05) is 0 Å². The lowest BCUT2D eigenvalue weighted by molar-refractivity contribution is 0.659. The van der Waals surface area contributed by atoms with Crippen LogP contribution in [0.3, 0.4) is 0 Å². The molecule has 51 valence electrons. The van der Waals surface area contributed by atoms with Crippen molar-refractivity contribution in [2.45, 2.75) is 13.5 Å². The van der Waals surface area contributed by atoms with Crippen LogP contribution in [0.2, 0.25) is 5.15 Å². The summed E-state index contributed by atoms with van der Waals surface area (Å²) in [5.41, 5.74) is 0.309. The topological polar surface area (TPSA) is 41.6 Å². The van der Waals surface area contributed by atoms with E-state index in [0.717, 1.165) is 0 Å². The minimum absolute atomic E-state index is 0.309. The molecule has 1 heterocycles. The van der Waals surface area contributed by atoms with Crippen LogP contribution in [-0.4, -0.2) is 9.78 Å². The molecule has 1 aromatic rings. The summed E-state index contributed by atoms with van der Waals surface area (Å²) in [4.78, 5) is 0. The maximum atomic E-state index is 8.41. The maximum Gasteiger partial charge on any atom is 0.145 e. The molecule has 0 bridgehead atoms. The molecule has 1 rings (SSSR count). The quantitative estimate of drug-likeness (QED) is 0.611. The molecule has 3 nitrogen and oxygen atoms in total. The van der Waals surface area contributed by atoms with Gasteiger partial charge in [-0.3, -0.25) is 4.68 Å². The molecule has 0 aliphatic rings. The van der Waals surface area contributed by atoms with Gasteiger partial charge in [-0.15, -0.1) is 0 Å². The Labute approximate surface area is 63.8 Å². The van der Waals surface area contributed by atoms with Crippen LogP contribution in [0.15, 0.2) is 0 Å². The summed E-state index contributed by atoms with van der Waals surface area (Å²) in [5, 5.41) is 12.5. The molecule has 10 heavy (non-hydrogen) atoms. The van der Waals surface area contributed by atoms with Gasteiger partial charge in [0.25, 0.3) is 0 Å². The first-order chi connectivity index (χ1) is 4.79. The molecule has 1 aromatic heterocycles. The van der Waals surface area contributed by atoms with Gasteiger partial charge in [-0.25, -0.2) is 0 Å². The minimum Gasteiger partial charge on any atom is -0.252 e. The van der Waals surface area contributed by atoms with Crippen LogP contribution >= 0.6 is 11.6 Å². The summed E-state index contributed by atoms with van der Waals surface area (Å²) in [6.07, 6.45) is 2.49. The molecule has 0 unspecified atom stereocenters. The van der Waals surface area contributed by atoms with Crippen molar-refractivity contribution in [3.63, 3.8) is 0 Å². The van der Waals surface area contributed by atoms with E-state index >= 15 is 0 Å². The number of aryl methyl sites for hydroxylation is 1. The summed E-state index contributed by atoms with van der Waals surface area (Å²) in [5.74, 6) is 0. The van der Waals surface area contributed by atoms with Crippen molar-refractivity contribution in [1.29, 1.82) is 5.26 Å². The molecular formula is C6H5ClN3. The van der Waals surface area contributed by atoms with Crippen LogP contribution in [0.5, 0.6) is 0 Å². The van der Waals surface area contributed by atoms with Gasteiger partial charge in [0, 0.05) is 6.54 Å². The third-order valence-electron chi connectivity index (χ3n) is 1.13. The van der Waals surface area contributed by atoms with Crippen molar-refractivity contribution in [1.82, 2.24) is 9.78 Å². The van der Waals surface area contributed by atoms with Gasteiger partial charge in [0.1, 0.15) is 23.0 Å².